The highest BCUT2D eigenvalue weighted by Gasteiger charge is 2.27. The average Bonchev–Trinajstić information content (AvgIpc) is 2.85. The molecule has 0 radical (unpaired) electrons. The number of aromatic nitrogens is 2. The average molecular weight is 306 g/mol. The molecule has 0 aromatic carbocycles. The standard InChI is InChI=1S/C15H22N4OS/c1-10-8-11-12(18-14(16-3)19-13(11)21-10)17-9-15(2)4-6-20-7-5-15/h8H,4-7,9H2,1-3H3,(H2,16,17,18,19). The SMILES string of the molecule is CNc1nc(NCC2(C)CCOCC2)c2cc(C)sc2n1. The van der Waals surface area contributed by atoms with Gasteiger partial charge >= 0.3 is 0 Å². The summed E-state index contributed by atoms with van der Waals surface area (Å²) in [6.45, 7) is 7.06. The molecule has 114 valence electrons. The van der Waals surface area contributed by atoms with Crippen molar-refractivity contribution in [3.63, 3.8) is 0 Å². The highest BCUT2D eigenvalue weighted by Crippen LogP contribution is 2.33. The van der Waals surface area contributed by atoms with Gasteiger partial charge < -0.3 is 15.4 Å². The Balaban J connectivity index is 1.85. The summed E-state index contributed by atoms with van der Waals surface area (Å²) in [6.07, 6.45) is 2.19. The van der Waals surface area contributed by atoms with Crippen molar-refractivity contribution in [1.82, 2.24) is 9.97 Å². The van der Waals surface area contributed by atoms with E-state index in [1.54, 1.807) is 11.3 Å². The molecule has 2 N–H and O–H groups in total. The highest BCUT2D eigenvalue weighted by atomic mass is 32.1. The van der Waals surface area contributed by atoms with Gasteiger partial charge in [0.1, 0.15) is 10.6 Å². The van der Waals surface area contributed by atoms with Crippen molar-refractivity contribution in [1.29, 1.82) is 0 Å². The number of ether oxygens (including phenoxy) is 1. The number of rotatable bonds is 4. The third kappa shape index (κ3) is 3.11. The van der Waals surface area contributed by atoms with Crippen molar-refractivity contribution in [3.05, 3.63) is 10.9 Å². The van der Waals surface area contributed by atoms with Crippen LogP contribution in [0.2, 0.25) is 0 Å². The van der Waals surface area contributed by atoms with E-state index in [2.05, 4.69) is 40.5 Å². The summed E-state index contributed by atoms with van der Waals surface area (Å²) in [5.74, 6) is 1.60. The van der Waals surface area contributed by atoms with E-state index < -0.39 is 0 Å². The van der Waals surface area contributed by atoms with Crippen LogP contribution in [0.5, 0.6) is 0 Å². The van der Waals surface area contributed by atoms with Gasteiger partial charge in [-0.2, -0.15) is 4.98 Å². The molecule has 3 heterocycles. The second kappa shape index (κ2) is 5.77. The van der Waals surface area contributed by atoms with Gasteiger partial charge in [0.05, 0.1) is 5.39 Å². The minimum atomic E-state index is 0.278. The maximum absolute atomic E-state index is 5.47. The molecule has 2 aromatic rings. The molecule has 1 fully saturated rings. The molecule has 1 saturated heterocycles. The Morgan fingerprint density at radius 1 is 1.33 bits per heavy atom. The first-order valence-electron chi connectivity index (χ1n) is 7.37. The Morgan fingerprint density at radius 3 is 2.81 bits per heavy atom. The summed E-state index contributed by atoms with van der Waals surface area (Å²) in [7, 11) is 1.85. The molecule has 2 aromatic heterocycles. The van der Waals surface area contributed by atoms with Crippen LogP contribution in [0.1, 0.15) is 24.6 Å². The van der Waals surface area contributed by atoms with Crippen molar-refractivity contribution in [2.45, 2.75) is 26.7 Å². The minimum Gasteiger partial charge on any atom is -0.381 e. The van der Waals surface area contributed by atoms with E-state index in [4.69, 9.17) is 4.74 Å². The Kier molecular flexibility index (Phi) is 3.99. The number of hydrogen-bond acceptors (Lipinski definition) is 6. The van der Waals surface area contributed by atoms with Crippen LogP contribution in [0.25, 0.3) is 10.2 Å². The van der Waals surface area contributed by atoms with E-state index in [1.807, 2.05) is 7.05 Å². The minimum absolute atomic E-state index is 0.278. The Bertz CT molecular complexity index is 634. The Hall–Kier alpha value is -1.40. The number of fused-ring (bicyclic) bond motifs is 1. The predicted molar refractivity (Wildman–Crippen MR) is 88.3 cm³/mol. The first kappa shape index (κ1) is 14.5. The van der Waals surface area contributed by atoms with Crippen LogP contribution in [0.3, 0.4) is 0 Å². The number of hydrogen-bond donors (Lipinski definition) is 2. The number of aryl methyl sites for hydroxylation is 1. The van der Waals surface area contributed by atoms with E-state index >= 15 is 0 Å². The van der Waals surface area contributed by atoms with E-state index in [0.717, 1.165) is 48.6 Å². The first-order chi connectivity index (χ1) is 10.1. The summed E-state index contributed by atoms with van der Waals surface area (Å²) in [5.41, 5.74) is 0.278. The predicted octanol–water partition coefficient (Wildman–Crippen LogP) is 3.27. The smallest absolute Gasteiger partial charge is 0.225 e. The molecular weight excluding hydrogens is 284 g/mol. The molecule has 1 aliphatic rings. The largest absolute Gasteiger partial charge is 0.381 e. The zero-order valence-electron chi connectivity index (χ0n) is 12.8. The molecule has 0 spiro atoms. The number of thiophene rings is 1. The van der Waals surface area contributed by atoms with Crippen LogP contribution < -0.4 is 10.6 Å². The zero-order chi connectivity index (χ0) is 14.9. The second-order valence-corrected chi connectivity index (χ2v) is 7.23. The van der Waals surface area contributed by atoms with Gasteiger partial charge in [-0.1, -0.05) is 6.92 Å². The fourth-order valence-corrected chi connectivity index (χ4v) is 3.51. The molecule has 3 rings (SSSR count). The molecule has 6 heteroatoms. The Labute approximate surface area is 129 Å². The molecule has 0 saturated carbocycles. The summed E-state index contributed by atoms with van der Waals surface area (Å²) >= 11 is 1.71. The third-order valence-corrected chi connectivity index (χ3v) is 5.07. The summed E-state index contributed by atoms with van der Waals surface area (Å²) in [6, 6.07) is 2.16. The molecule has 21 heavy (non-hydrogen) atoms. The lowest BCUT2D eigenvalue weighted by molar-refractivity contribution is 0.0300. The van der Waals surface area contributed by atoms with Gasteiger partial charge in [-0.15, -0.1) is 11.3 Å². The van der Waals surface area contributed by atoms with Gasteiger partial charge in [-0.05, 0) is 31.2 Å². The van der Waals surface area contributed by atoms with Crippen LogP contribution in [0, 0.1) is 12.3 Å². The monoisotopic (exact) mass is 306 g/mol. The topological polar surface area (TPSA) is 59.1 Å². The van der Waals surface area contributed by atoms with Gasteiger partial charge in [0.2, 0.25) is 5.95 Å². The van der Waals surface area contributed by atoms with Gasteiger partial charge in [0.15, 0.2) is 0 Å². The maximum atomic E-state index is 5.47. The highest BCUT2D eigenvalue weighted by molar-refractivity contribution is 7.18. The molecular formula is C15H22N4OS. The van der Waals surface area contributed by atoms with Crippen LogP contribution in [0.4, 0.5) is 11.8 Å². The Morgan fingerprint density at radius 2 is 2.10 bits per heavy atom. The zero-order valence-corrected chi connectivity index (χ0v) is 13.6. The molecule has 0 amide bonds. The molecule has 1 aliphatic heterocycles. The van der Waals surface area contributed by atoms with Gasteiger partial charge in [-0.3, -0.25) is 0 Å². The van der Waals surface area contributed by atoms with Crippen molar-refractivity contribution in [2.24, 2.45) is 5.41 Å². The normalized spacial score (nSPS) is 17.9. The molecule has 0 unspecified atom stereocenters. The van der Waals surface area contributed by atoms with Gasteiger partial charge in [0.25, 0.3) is 0 Å². The van der Waals surface area contributed by atoms with Crippen molar-refractivity contribution < 1.29 is 4.74 Å². The van der Waals surface area contributed by atoms with Crippen molar-refractivity contribution in [2.75, 3.05) is 37.4 Å². The van der Waals surface area contributed by atoms with Crippen LogP contribution in [-0.2, 0) is 4.74 Å². The van der Waals surface area contributed by atoms with Crippen LogP contribution >= 0.6 is 11.3 Å². The first-order valence-corrected chi connectivity index (χ1v) is 8.19. The van der Waals surface area contributed by atoms with E-state index in [1.165, 1.54) is 4.88 Å². The molecule has 0 aliphatic carbocycles. The maximum Gasteiger partial charge on any atom is 0.225 e. The van der Waals surface area contributed by atoms with Crippen LogP contribution in [-0.4, -0.2) is 36.8 Å². The lowest BCUT2D eigenvalue weighted by atomic mass is 9.82. The third-order valence-electron chi connectivity index (χ3n) is 4.12. The lowest BCUT2D eigenvalue weighted by Crippen LogP contribution is -2.33. The molecule has 5 nitrogen and oxygen atoms in total. The van der Waals surface area contributed by atoms with Gasteiger partial charge in [0, 0.05) is 31.7 Å². The number of anilines is 2. The van der Waals surface area contributed by atoms with Crippen molar-refractivity contribution >= 4 is 33.3 Å². The van der Waals surface area contributed by atoms with E-state index in [9.17, 15) is 0 Å². The number of nitrogens with one attached hydrogen (secondary N) is 2. The molecule has 0 atom stereocenters. The summed E-state index contributed by atoms with van der Waals surface area (Å²) in [5, 5.41) is 7.70. The van der Waals surface area contributed by atoms with Crippen molar-refractivity contribution in [3.8, 4) is 0 Å². The molecule has 0 bridgehead atoms. The fourth-order valence-electron chi connectivity index (χ4n) is 2.63. The van der Waals surface area contributed by atoms with E-state index in [0.29, 0.717) is 5.95 Å². The second-order valence-electron chi connectivity index (χ2n) is 6.00. The lowest BCUT2D eigenvalue weighted by Gasteiger charge is -2.33. The quantitative estimate of drug-likeness (QED) is 0.908. The summed E-state index contributed by atoms with van der Waals surface area (Å²) in [4.78, 5) is 11.4. The van der Waals surface area contributed by atoms with Crippen LogP contribution in [0.15, 0.2) is 6.07 Å². The summed E-state index contributed by atoms with van der Waals surface area (Å²) < 4.78 is 5.47. The number of nitrogens with zero attached hydrogens (tertiary/aromatic N) is 2. The van der Waals surface area contributed by atoms with E-state index in [-0.39, 0.29) is 5.41 Å². The fraction of sp³-hybridized carbons (Fsp3) is 0.600. The van der Waals surface area contributed by atoms with Gasteiger partial charge in [-0.25, -0.2) is 4.98 Å².